The quantitative estimate of drug-likeness (QED) is 0.0468. The summed E-state index contributed by atoms with van der Waals surface area (Å²) in [5.74, 6) is -3.46. The Bertz CT molecular complexity index is 1910. The van der Waals surface area contributed by atoms with Crippen molar-refractivity contribution in [2.24, 2.45) is 0 Å². The van der Waals surface area contributed by atoms with Gasteiger partial charge in [-0.2, -0.15) is 0 Å². The van der Waals surface area contributed by atoms with Crippen LogP contribution in [0.3, 0.4) is 0 Å². The summed E-state index contributed by atoms with van der Waals surface area (Å²) < 4.78 is 93.5. The van der Waals surface area contributed by atoms with E-state index in [0.29, 0.717) is 210 Å². The molecule has 0 unspecified atom stereocenters. The van der Waals surface area contributed by atoms with Crippen LogP contribution in [0.25, 0.3) is 0 Å². The maximum atomic E-state index is 13.3. The molecule has 0 aromatic heterocycles. The molecule has 2 rings (SSSR count). The van der Waals surface area contributed by atoms with Crippen LogP contribution in [-0.4, -0.2) is 296 Å². The molecule has 0 radical (unpaired) electrons. The Labute approximate surface area is 520 Å². The molecule has 1 atom stereocenters. The van der Waals surface area contributed by atoms with E-state index in [4.69, 9.17) is 80.5 Å². The van der Waals surface area contributed by atoms with Crippen LogP contribution in [0.5, 0.6) is 0 Å². The van der Waals surface area contributed by atoms with Gasteiger partial charge in [-0.15, -0.1) is 0 Å². The fourth-order valence-electron chi connectivity index (χ4n) is 7.65. The van der Waals surface area contributed by atoms with Crippen molar-refractivity contribution in [1.29, 1.82) is 0 Å². The normalized spacial score (nSPS) is 12.6. The molecule has 5 amide bonds. The van der Waals surface area contributed by atoms with Gasteiger partial charge in [-0.25, -0.2) is 0 Å². The summed E-state index contributed by atoms with van der Waals surface area (Å²) in [6.45, 7) is 19.1. The molecule has 28 heteroatoms. The van der Waals surface area contributed by atoms with Crippen molar-refractivity contribution < 1.29 is 109 Å². The number of benzene rings is 1. The van der Waals surface area contributed by atoms with Crippen molar-refractivity contribution in [3.63, 3.8) is 0 Å². The predicted octanol–water partition coefficient (Wildman–Crippen LogP) is 1.16. The van der Waals surface area contributed by atoms with E-state index < -0.39 is 48.7 Å². The Balaban J connectivity index is 1.76. The Morgan fingerprint density at radius 3 is 1.22 bits per heavy atom. The van der Waals surface area contributed by atoms with Crippen LogP contribution < -0.4 is 16.0 Å². The number of hydrogen-bond acceptors (Lipinski definition) is 24. The molecule has 506 valence electrons. The smallest absolute Gasteiger partial charge is 0.305 e. The van der Waals surface area contributed by atoms with Crippen LogP contribution in [0.4, 0.5) is 5.69 Å². The zero-order chi connectivity index (χ0) is 63.6. The lowest BCUT2D eigenvalue weighted by atomic mass is 10.0. The molecule has 28 nitrogen and oxygen atoms in total. The first-order valence-electron chi connectivity index (χ1n) is 30.5. The summed E-state index contributed by atoms with van der Waals surface area (Å²) in [6.07, 6.45) is 5.24. The average molecular weight is 1260 g/mol. The summed E-state index contributed by atoms with van der Waals surface area (Å²) >= 11 is 0. The first kappa shape index (κ1) is 79.4. The van der Waals surface area contributed by atoms with Crippen molar-refractivity contribution in [3.05, 3.63) is 41.5 Å². The van der Waals surface area contributed by atoms with Gasteiger partial charge in [0.15, 0.2) is 0 Å². The van der Waals surface area contributed by atoms with Crippen molar-refractivity contribution in [3.8, 4) is 0 Å². The fourth-order valence-corrected chi connectivity index (χ4v) is 7.65. The molecular weight excluding hydrogens is 1160 g/mol. The maximum Gasteiger partial charge on any atom is 0.305 e. The van der Waals surface area contributed by atoms with Gasteiger partial charge in [-0.1, -0.05) is 13.0 Å². The number of carbonyl (C=O) groups is 6. The van der Waals surface area contributed by atoms with Crippen LogP contribution in [0.15, 0.2) is 30.4 Å². The van der Waals surface area contributed by atoms with E-state index in [9.17, 15) is 28.8 Å². The maximum absolute atomic E-state index is 13.3. The van der Waals surface area contributed by atoms with E-state index in [0.717, 1.165) is 67.1 Å². The number of ether oxygens (including phenoxy) is 17. The summed E-state index contributed by atoms with van der Waals surface area (Å²) in [7, 11) is 3.27. The topological polar surface area (TPSA) is 302 Å². The highest BCUT2D eigenvalue weighted by Gasteiger charge is 2.26. The number of imide groups is 1. The van der Waals surface area contributed by atoms with Crippen LogP contribution in [0.1, 0.15) is 50.7 Å². The van der Waals surface area contributed by atoms with E-state index >= 15 is 0 Å². The Morgan fingerprint density at radius 1 is 0.477 bits per heavy atom. The van der Waals surface area contributed by atoms with E-state index in [1.807, 2.05) is 6.07 Å². The van der Waals surface area contributed by atoms with E-state index in [1.165, 1.54) is 6.92 Å². The summed E-state index contributed by atoms with van der Waals surface area (Å²) in [5, 5.41) is 7.73. The second-order valence-electron chi connectivity index (χ2n) is 19.4. The van der Waals surface area contributed by atoms with Crippen molar-refractivity contribution >= 4 is 41.2 Å². The van der Waals surface area contributed by atoms with Gasteiger partial charge in [0.05, 0.1) is 192 Å². The third-order valence-electron chi connectivity index (χ3n) is 12.3. The molecule has 0 saturated carbocycles. The van der Waals surface area contributed by atoms with Gasteiger partial charge in [0.2, 0.25) is 17.7 Å². The fraction of sp³-hybridized carbons (Fsp3) is 0.767. The number of methoxy groups -OCH3 is 2. The molecule has 88 heavy (non-hydrogen) atoms. The zero-order valence-corrected chi connectivity index (χ0v) is 52.7. The number of aryl methyl sites for hydroxylation is 1. The molecular formula is C60H103N5O23. The van der Waals surface area contributed by atoms with Gasteiger partial charge in [-0.05, 0) is 62.4 Å². The molecule has 0 aliphatic carbocycles. The number of anilines is 1. The molecule has 0 bridgehead atoms. The van der Waals surface area contributed by atoms with Crippen LogP contribution >= 0.6 is 0 Å². The van der Waals surface area contributed by atoms with Gasteiger partial charge in [0.1, 0.15) is 19.2 Å². The zero-order valence-electron chi connectivity index (χ0n) is 52.7. The molecule has 1 heterocycles. The molecule has 1 aromatic carbocycles. The van der Waals surface area contributed by atoms with Crippen LogP contribution in [-0.2, 0) is 122 Å². The number of nitrogens with zero attached hydrogens (tertiary/aromatic N) is 2. The minimum atomic E-state index is -0.992. The SMILES string of the molecule is CCC(=O)OCc1ccc(NC(=O)[C@H](C)NC(=O)CNC(=O)CN2C(=O)C=CC2=O)cc1CCCN(CCCOCCOCCOCCOCCOCCOCCOCCOC)CCCOCCOCCOCCOCCOCCOCCOCCOC. The summed E-state index contributed by atoms with van der Waals surface area (Å²) in [6, 6.07) is 4.35. The lowest BCUT2D eigenvalue weighted by molar-refractivity contribution is -0.144. The molecule has 0 fully saturated rings. The van der Waals surface area contributed by atoms with E-state index in [-0.39, 0.29) is 19.0 Å². The van der Waals surface area contributed by atoms with Crippen molar-refractivity contribution in [2.45, 2.75) is 58.6 Å². The number of nitrogens with one attached hydrogen (secondary N) is 3. The number of amides is 5. The molecule has 1 aromatic rings. The Hall–Kier alpha value is -4.70. The van der Waals surface area contributed by atoms with Crippen LogP contribution in [0, 0.1) is 0 Å². The highest BCUT2D eigenvalue weighted by Crippen LogP contribution is 2.20. The van der Waals surface area contributed by atoms with Gasteiger partial charge in [0, 0.05) is 64.8 Å². The number of esters is 1. The van der Waals surface area contributed by atoms with Gasteiger partial charge < -0.3 is 101 Å². The summed E-state index contributed by atoms with van der Waals surface area (Å²) in [5.41, 5.74) is 2.15. The summed E-state index contributed by atoms with van der Waals surface area (Å²) in [4.78, 5) is 77.0. The Morgan fingerprint density at radius 2 is 0.841 bits per heavy atom. The molecule has 0 saturated heterocycles. The minimum absolute atomic E-state index is 0.0611. The second-order valence-corrected chi connectivity index (χ2v) is 19.4. The van der Waals surface area contributed by atoms with Gasteiger partial charge >= 0.3 is 5.97 Å². The third kappa shape index (κ3) is 45.5. The molecule has 0 spiro atoms. The lowest BCUT2D eigenvalue weighted by Gasteiger charge is -2.23. The highest BCUT2D eigenvalue weighted by atomic mass is 16.6. The molecule has 1 aliphatic heterocycles. The monoisotopic (exact) mass is 1260 g/mol. The van der Waals surface area contributed by atoms with Gasteiger partial charge in [0.25, 0.3) is 11.8 Å². The largest absolute Gasteiger partial charge is 0.461 e. The number of hydrogen-bond donors (Lipinski definition) is 3. The second kappa shape index (κ2) is 57.5. The minimum Gasteiger partial charge on any atom is -0.461 e. The molecule has 1 aliphatic rings. The van der Waals surface area contributed by atoms with Gasteiger partial charge in [-0.3, -0.25) is 33.7 Å². The van der Waals surface area contributed by atoms with Crippen molar-refractivity contribution in [1.82, 2.24) is 20.4 Å². The van der Waals surface area contributed by atoms with E-state index in [1.54, 1.807) is 33.3 Å². The first-order valence-corrected chi connectivity index (χ1v) is 30.5. The predicted molar refractivity (Wildman–Crippen MR) is 321 cm³/mol. The third-order valence-corrected chi connectivity index (χ3v) is 12.3. The highest BCUT2D eigenvalue weighted by molar-refractivity contribution is 6.14. The first-order chi connectivity index (χ1) is 43.1. The number of carbonyl (C=O) groups excluding carboxylic acids is 6. The average Bonchev–Trinajstić information content (AvgIpc) is 3.90. The standard InChI is InChI=1S/C60H103N5O23/c1-5-59(70)88-50-53-10-11-54(63-60(71)51(2)62-55(66)48-61-56(67)49-65-57(68)12-13-58(65)69)47-52(53)9-6-14-64(15-7-17-74-23-25-78-31-33-82-39-41-86-45-43-84-37-35-80-29-27-76-21-19-72-3)16-8-18-75-24-26-79-32-34-83-40-42-87-46-44-85-38-36-81-30-28-77-22-20-73-4/h10-13,47,51H,5-9,14-46,48-50H2,1-4H3,(H,61,67)(H,62,66)(H,63,71)/t51-/m0/s1. The Kier molecular flexibility index (Phi) is 51.8. The molecule has 3 N–H and O–H groups in total. The van der Waals surface area contributed by atoms with Crippen LogP contribution in [0.2, 0.25) is 0 Å². The van der Waals surface area contributed by atoms with Crippen molar-refractivity contribution in [2.75, 3.05) is 250 Å². The van der Waals surface area contributed by atoms with E-state index in [2.05, 4.69) is 20.9 Å². The number of rotatable bonds is 64. The lowest BCUT2D eigenvalue weighted by Crippen LogP contribution is -2.47.